The molecule has 0 unspecified atom stereocenters. The minimum absolute atomic E-state index is 0.0901. The Balaban J connectivity index is 1.47. The fraction of sp³-hybridized carbons (Fsp3) is 0.261. The number of hydrogen-bond acceptors (Lipinski definition) is 4. The highest BCUT2D eigenvalue weighted by molar-refractivity contribution is 8.18. The minimum atomic E-state index is -0.311. The second-order valence-corrected chi connectivity index (χ2v) is 8.07. The van der Waals surface area contributed by atoms with Crippen LogP contribution in [-0.2, 0) is 16.0 Å². The van der Waals surface area contributed by atoms with E-state index in [1.54, 1.807) is 6.08 Å². The molecule has 1 heterocycles. The predicted octanol–water partition coefficient (Wildman–Crippen LogP) is 4.09. The van der Waals surface area contributed by atoms with Crippen molar-refractivity contribution in [2.45, 2.75) is 26.7 Å². The van der Waals surface area contributed by atoms with Crippen LogP contribution < -0.4 is 5.32 Å². The third kappa shape index (κ3) is 5.81. The summed E-state index contributed by atoms with van der Waals surface area (Å²) in [5.41, 5.74) is 4.31. The quantitative estimate of drug-likeness (QED) is 0.701. The Hall–Kier alpha value is -2.86. The molecule has 0 aliphatic carbocycles. The maximum absolute atomic E-state index is 12.5. The topological polar surface area (TPSA) is 66.5 Å². The lowest BCUT2D eigenvalue weighted by atomic mass is 10.1. The second-order valence-electron chi connectivity index (χ2n) is 7.08. The molecule has 3 rings (SSSR count). The molecular weight excluding hydrogens is 384 g/mol. The molecule has 1 aliphatic rings. The molecule has 2 aromatic rings. The molecule has 0 saturated carbocycles. The van der Waals surface area contributed by atoms with Crippen molar-refractivity contribution in [2.75, 3.05) is 13.1 Å². The molecule has 150 valence electrons. The molecule has 6 heteroatoms. The van der Waals surface area contributed by atoms with E-state index in [0.29, 0.717) is 17.7 Å². The maximum Gasteiger partial charge on any atom is 0.293 e. The molecule has 0 radical (unpaired) electrons. The molecule has 0 bridgehead atoms. The highest BCUT2D eigenvalue weighted by Gasteiger charge is 2.34. The number of imide groups is 1. The third-order valence-corrected chi connectivity index (χ3v) is 5.58. The lowest BCUT2D eigenvalue weighted by Gasteiger charge is -2.13. The standard InChI is InChI=1S/C23H24N2O3S/c1-16-3-7-18(8-4-16)11-12-21(26)24-13-14-25-22(27)20(29-23(25)28)15-19-9-5-17(2)6-10-19/h3-10,15H,11-14H2,1-2H3,(H,24,26)/b20-15+. The summed E-state index contributed by atoms with van der Waals surface area (Å²) in [5.74, 6) is -0.401. The Kier molecular flexibility index (Phi) is 6.88. The van der Waals surface area contributed by atoms with E-state index in [9.17, 15) is 14.4 Å². The van der Waals surface area contributed by atoms with E-state index in [-0.39, 0.29) is 30.1 Å². The zero-order chi connectivity index (χ0) is 20.8. The fourth-order valence-electron chi connectivity index (χ4n) is 2.91. The van der Waals surface area contributed by atoms with Crippen molar-refractivity contribution >= 4 is 34.9 Å². The first-order valence-corrected chi connectivity index (χ1v) is 10.4. The smallest absolute Gasteiger partial charge is 0.293 e. The predicted molar refractivity (Wildman–Crippen MR) is 116 cm³/mol. The van der Waals surface area contributed by atoms with Gasteiger partial charge in [-0.3, -0.25) is 19.3 Å². The van der Waals surface area contributed by atoms with Crippen LogP contribution in [0.4, 0.5) is 4.79 Å². The van der Waals surface area contributed by atoms with Gasteiger partial charge in [0.2, 0.25) is 5.91 Å². The summed E-state index contributed by atoms with van der Waals surface area (Å²) in [6.45, 7) is 4.44. The van der Waals surface area contributed by atoms with Crippen LogP contribution in [0.3, 0.4) is 0 Å². The van der Waals surface area contributed by atoms with Crippen LogP contribution >= 0.6 is 11.8 Å². The number of nitrogens with one attached hydrogen (secondary N) is 1. The molecule has 2 aromatic carbocycles. The van der Waals surface area contributed by atoms with Gasteiger partial charge in [0.1, 0.15) is 0 Å². The normalized spacial score (nSPS) is 15.2. The van der Waals surface area contributed by atoms with Gasteiger partial charge < -0.3 is 5.32 Å². The van der Waals surface area contributed by atoms with Gasteiger partial charge >= 0.3 is 0 Å². The first kappa shape index (κ1) is 20.9. The number of carbonyl (C=O) groups is 3. The molecular formula is C23H24N2O3S. The van der Waals surface area contributed by atoms with E-state index in [1.807, 2.05) is 62.4 Å². The summed E-state index contributed by atoms with van der Waals surface area (Å²) in [6.07, 6.45) is 2.76. The van der Waals surface area contributed by atoms with Gasteiger partial charge in [-0.1, -0.05) is 59.7 Å². The lowest BCUT2D eigenvalue weighted by Crippen LogP contribution is -2.37. The summed E-state index contributed by atoms with van der Waals surface area (Å²) >= 11 is 0.934. The fourth-order valence-corrected chi connectivity index (χ4v) is 3.78. The van der Waals surface area contributed by atoms with Gasteiger partial charge in [-0.2, -0.15) is 0 Å². The van der Waals surface area contributed by atoms with Crippen LogP contribution in [0.2, 0.25) is 0 Å². The Bertz CT molecular complexity index is 934. The highest BCUT2D eigenvalue weighted by Crippen LogP contribution is 2.31. The van der Waals surface area contributed by atoms with Crippen molar-refractivity contribution < 1.29 is 14.4 Å². The van der Waals surface area contributed by atoms with Gasteiger partial charge in [0.05, 0.1) is 4.91 Å². The van der Waals surface area contributed by atoms with E-state index < -0.39 is 0 Å². The van der Waals surface area contributed by atoms with Crippen LogP contribution in [0.5, 0.6) is 0 Å². The molecule has 0 spiro atoms. The van der Waals surface area contributed by atoms with Crippen molar-refractivity contribution in [3.05, 3.63) is 75.7 Å². The number of aryl methyl sites for hydroxylation is 3. The van der Waals surface area contributed by atoms with Crippen molar-refractivity contribution in [1.29, 1.82) is 0 Å². The van der Waals surface area contributed by atoms with E-state index in [2.05, 4.69) is 5.32 Å². The summed E-state index contributed by atoms with van der Waals surface area (Å²) in [7, 11) is 0. The van der Waals surface area contributed by atoms with Crippen molar-refractivity contribution in [1.82, 2.24) is 10.2 Å². The molecule has 3 amide bonds. The molecule has 0 aromatic heterocycles. The number of hydrogen-bond donors (Lipinski definition) is 1. The minimum Gasteiger partial charge on any atom is -0.354 e. The average molecular weight is 409 g/mol. The van der Waals surface area contributed by atoms with Crippen LogP contribution in [0.1, 0.15) is 28.7 Å². The molecule has 1 saturated heterocycles. The third-order valence-electron chi connectivity index (χ3n) is 4.67. The zero-order valence-corrected chi connectivity index (χ0v) is 17.4. The van der Waals surface area contributed by atoms with Crippen LogP contribution in [-0.4, -0.2) is 35.0 Å². The van der Waals surface area contributed by atoms with Crippen LogP contribution in [0.25, 0.3) is 6.08 Å². The Morgan fingerprint density at radius 3 is 2.28 bits per heavy atom. The second kappa shape index (κ2) is 9.56. The SMILES string of the molecule is Cc1ccc(/C=C2/SC(=O)N(CCNC(=O)CCc3ccc(C)cc3)C2=O)cc1. The summed E-state index contributed by atoms with van der Waals surface area (Å²) < 4.78 is 0. The Labute approximate surface area is 175 Å². The van der Waals surface area contributed by atoms with Gasteiger partial charge in [0.15, 0.2) is 0 Å². The van der Waals surface area contributed by atoms with Gasteiger partial charge in [-0.05, 0) is 49.2 Å². The number of nitrogens with zero attached hydrogens (tertiary/aromatic N) is 1. The monoisotopic (exact) mass is 408 g/mol. The lowest BCUT2D eigenvalue weighted by molar-refractivity contribution is -0.124. The van der Waals surface area contributed by atoms with E-state index in [4.69, 9.17) is 0 Å². The average Bonchev–Trinajstić information content (AvgIpc) is 2.96. The number of rotatable bonds is 7. The summed E-state index contributed by atoms with van der Waals surface area (Å²) in [4.78, 5) is 38.3. The molecule has 1 fully saturated rings. The number of benzene rings is 2. The number of thioether (sulfide) groups is 1. The van der Waals surface area contributed by atoms with Crippen LogP contribution in [0.15, 0.2) is 53.4 Å². The molecule has 1 aliphatic heterocycles. The van der Waals surface area contributed by atoms with Crippen molar-refractivity contribution in [2.24, 2.45) is 0 Å². The first-order valence-electron chi connectivity index (χ1n) is 9.56. The molecule has 0 atom stereocenters. The van der Waals surface area contributed by atoms with Crippen molar-refractivity contribution in [3.63, 3.8) is 0 Å². The van der Waals surface area contributed by atoms with Gasteiger partial charge in [-0.25, -0.2) is 0 Å². The Morgan fingerprint density at radius 2 is 1.62 bits per heavy atom. The van der Waals surface area contributed by atoms with Gasteiger partial charge in [0.25, 0.3) is 11.1 Å². The Morgan fingerprint density at radius 1 is 1.00 bits per heavy atom. The van der Waals surface area contributed by atoms with E-state index >= 15 is 0 Å². The molecule has 1 N–H and O–H groups in total. The van der Waals surface area contributed by atoms with Gasteiger partial charge in [-0.15, -0.1) is 0 Å². The van der Waals surface area contributed by atoms with E-state index in [0.717, 1.165) is 28.5 Å². The van der Waals surface area contributed by atoms with Crippen molar-refractivity contribution in [3.8, 4) is 0 Å². The molecule has 5 nitrogen and oxygen atoms in total. The highest BCUT2D eigenvalue weighted by atomic mass is 32.2. The summed E-state index contributed by atoms with van der Waals surface area (Å²) in [5, 5.41) is 2.49. The number of carbonyl (C=O) groups excluding carboxylic acids is 3. The zero-order valence-electron chi connectivity index (χ0n) is 16.6. The van der Waals surface area contributed by atoms with E-state index in [1.165, 1.54) is 10.5 Å². The van der Waals surface area contributed by atoms with Crippen LogP contribution in [0, 0.1) is 13.8 Å². The maximum atomic E-state index is 12.5. The number of amides is 3. The largest absolute Gasteiger partial charge is 0.354 e. The summed E-state index contributed by atoms with van der Waals surface area (Å²) in [6, 6.07) is 15.8. The first-order chi connectivity index (χ1) is 13.9. The van der Waals surface area contributed by atoms with Gasteiger partial charge in [0, 0.05) is 19.5 Å². The molecule has 29 heavy (non-hydrogen) atoms.